The van der Waals surface area contributed by atoms with E-state index in [4.69, 9.17) is 0 Å². The normalized spacial score (nSPS) is 15.2. The van der Waals surface area contributed by atoms with Crippen molar-refractivity contribution in [3.63, 3.8) is 0 Å². The molecule has 0 radical (unpaired) electrons. The number of allylic oxidation sites excluding steroid dienone is 3. The Labute approximate surface area is 123 Å². The molecule has 1 aliphatic carbocycles. The first kappa shape index (κ1) is 14.6. The molecule has 1 aromatic rings. The fourth-order valence-corrected chi connectivity index (χ4v) is 2.89. The number of fused-ring (bicyclic) bond motifs is 1. The molecule has 106 valence electrons. The lowest BCUT2D eigenvalue weighted by atomic mass is 9.91. The zero-order chi connectivity index (χ0) is 14.4. The van der Waals surface area contributed by atoms with Gasteiger partial charge in [-0.1, -0.05) is 24.3 Å². The standard InChI is InChI=1S/C19H25N/c1-4-9-18(6-3)20(14-5-2)19-13-12-16-10-7-8-11-17(16)15-19/h4-6,9,12-13,15H,2,7-8,10-11,14H2,1,3H3/b9-4-,18-6+. The van der Waals surface area contributed by atoms with E-state index in [0.29, 0.717) is 0 Å². The minimum atomic E-state index is 0.836. The van der Waals surface area contributed by atoms with Crippen LogP contribution in [0.4, 0.5) is 5.69 Å². The van der Waals surface area contributed by atoms with Crippen molar-refractivity contribution in [2.75, 3.05) is 11.4 Å². The number of aryl methyl sites for hydroxylation is 2. The molecule has 0 saturated carbocycles. The predicted octanol–water partition coefficient (Wildman–Crippen LogP) is 5.04. The first-order chi connectivity index (χ1) is 9.80. The van der Waals surface area contributed by atoms with Crippen LogP contribution in [0.1, 0.15) is 37.8 Å². The Morgan fingerprint density at radius 3 is 2.60 bits per heavy atom. The maximum absolute atomic E-state index is 3.90. The lowest BCUT2D eigenvalue weighted by Gasteiger charge is -2.26. The number of anilines is 1. The number of nitrogens with zero attached hydrogens (tertiary/aromatic N) is 1. The van der Waals surface area contributed by atoms with Crippen molar-refractivity contribution < 1.29 is 0 Å². The molecule has 0 fully saturated rings. The van der Waals surface area contributed by atoms with E-state index in [1.165, 1.54) is 48.2 Å². The van der Waals surface area contributed by atoms with Crippen molar-refractivity contribution in [3.8, 4) is 0 Å². The lowest BCUT2D eigenvalue weighted by molar-refractivity contribution is 0.685. The van der Waals surface area contributed by atoms with Crippen molar-refractivity contribution in [2.24, 2.45) is 0 Å². The number of hydrogen-bond donors (Lipinski definition) is 0. The zero-order valence-corrected chi connectivity index (χ0v) is 12.7. The van der Waals surface area contributed by atoms with Crippen molar-refractivity contribution >= 4 is 5.69 Å². The van der Waals surface area contributed by atoms with Crippen LogP contribution in [0.2, 0.25) is 0 Å². The molecule has 2 rings (SSSR count). The first-order valence-electron chi connectivity index (χ1n) is 7.59. The van der Waals surface area contributed by atoms with Gasteiger partial charge in [0, 0.05) is 17.9 Å². The van der Waals surface area contributed by atoms with Crippen molar-refractivity contribution in [1.29, 1.82) is 0 Å². The molecule has 0 bridgehead atoms. The topological polar surface area (TPSA) is 3.24 Å². The van der Waals surface area contributed by atoms with Gasteiger partial charge in [-0.3, -0.25) is 0 Å². The fraction of sp³-hybridized carbons (Fsp3) is 0.368. The number of benzene rings is 1. The van der Waals surface area contributed by atoms with Crippen molar-refractivity contribution in [1.82, 2.24) is 0 Å². The van der Waals surface area contributed by atoms with Crippen molar-refractivity contribution in [2.45, 2.75) is 39.5 Å². The van der Waals surface area contributed by atoms with Crippen LogP contribution in [0.3, 0.4) is 0 Å². The Morgan fingerprint density at radius 2 is 1.95 bits per heavy atom. The Kier molecular flexibility index (Phi) is 5.23. The van der Waals surface area contributed by atoms with Gasteiger partial charge in [0.15, 0.2) is 0 Å². The molecule has 0 spiro atoms. The van der Waals surface area contributed by atoms with E-state index in [1.807, 2.05) is 6.08 Å². The molecule has 0 saturated heterocycles. The molecular formula is C19H25N. The summed E-state index contributed by atoms with van der Waals surface area (Å²) in [6, 6.07) is 6.93. The van der Waals surface area contributed by atoms with E-state index in [9.17, 15) is 0 Å². The van der Waals surface area contributed by atoms with Gasteiger partial charge in [0.05, 0.1) is 0 Å². The van der Waals surface area contributed by atoms with Crippen LogP contribution in [-0.2, 0) is 12.8 Å². The summed E-state index contributed by atoms with van der Waals surface area (Å²) in [4.78, 5) is 2.32. The SMILES string of the molecule is C=CCN(C(/C=C\C)=C/C)c1ccc2c(c1)CCCC2. The van der Waals surface area contributed by atoms with Gasteiger partial charge in [-0.2, -0.15) is 0 Å². The Balaban J connectivity index is 2.36. The Morgan fingerprint density at radius 1 is 1.20 bits per heavy atom. The van der Waals surface area contributed by atoms with Crippen LogP contribution in [0.15, 0.2) is 54.8 Å². The summed E-state index contributed by atoms with van der Waals surface area (Å²) in [7, 11) is 0. The van der Waals surface area contributed by atoms with Gasteiger partial charge < -0.3 is 4.90 Å². The van der Waals surface area contributed by atoms with Gasteiger partial charge >= 0.3 is 0 Å². The lowest BCUT2D eigenvalue weighted by Crippen LogP contribution is -2.22. The van der Waals surface area contributed by atoms with E-state index in [0.717, 1.165) is 6.54 Å². The maximum atomic E-state index is 3.90. The molecule has 0 heterocycles. The number of hydrogen-bond acceptors (Lipinski definition) is 1. The average molecular weight is 267 g/mol. The van der Waals surface area contributed by atoms with Gasteiger partial charge in [-0.05, 0) is 68.9 Å². The molecule has 0 N–H and O–H groups in total. The molecular weight excluding hydrogens is 242 g/mol. The van der Waals surface area contributed by atoms with E-state index >= 15 is 0 Å². The summed E-state index contributed by atoms with van der Waals surface area (Å²) in [5, 5.41) is 0. The Bertz CT molecular complexity index is 523. The van der Waals surface area contributed by atoms with Crippen LogP contribution < -0.4 is 4.90 Å². The molecule has 20 heavy (non-hydrogen) atoms. The third-order valence-electron chi connectivity index (χ3n) is 3.90. The highest BCUT2D eigenvalue weighted by atomic mass is 15.1. The molecule has 0 atom stereocenters. The highest BCUT2D eigenvalue weighted by Crippen LogP contribution is 2.28. The fourth-order valence-electron chi connectivity index (χ4n) is 2.89. The molecule has 0 aliphatic heterocycles. The van der Waals surface area contributed by atoms with Crippen LogP contribution >= 0.6 is 0 Å². The molecule has 1 aliphatic rings. The Hall–Kier alpha value is -1.76. The maximum Gasteiger partial charge on any atom is 0.0416 e. The van der Waals surface area contributed by atoms with E-state index < -0.39 is 0 Å². The van der Waals surface area contributed by atoms with E-state index in [-0.39, 0.29) is 0 Å². The molecule has 1 heteroatoms. The van der Waals surface area contributed by atoms with Crippen LogP contribution in [-0.4, -0.2) is 6.54 Å². The van der Waals surface area contributed by atoms with Crippen LogP contribution in [0.5, 0.6) is 0 Å². The smallest absolute Gasteiger partial charge is 0.0416 e. The van der Waals surface area contributed by atoms with Gasteiger partial charge in [-0.25, -0.2) is 0 Å². The highest BCUT2D eigenvalue weighted by Gasteiger charge is 2.13. The molecule has 0 amide bonds. The summed E-state index contributed by atoms with van der Waals surface area (Å²) in [6.07, 6.45) is 13.5. The van der Waals surface area contributed by atoms with Gasteiger partial charge in [0.25, 0.3) is 0 Å². The second-order valence-corrected chi connectivity index (χ2v) is 5.27. The molecule has 0 unspecified atom stereocenters. The molecule has 1 aromatic carbocycles. The summed E-state index contributed by atoms with van der Waals surface area (Å²) >= 11 is 0. The summed E-state index contributed by atoms with van der Waals surface area (Å²) in [5.74, 6) is 0. The predicted molar refractivity (Wildman–Crippen MR) is 89.2 cm³/mol. The summed E-state index contributed by atoms with van der Waals surface area (Å²) in [6.45, 7) is 8.88. The second kappa shape index (κ2) is 7.14. The van der Waals surface area contributed by atoms with Gasteiger partial charge in [0.2, 0.25) is 0 Å². The monoisotopic (exact) mass is 267 g/mol. The van der Waals surface area contributed by atoms with E-state index in [2.05, 4.69) is 61.8 Å². The minimum Gasteiger partial charge on any atom is -0.338 e. The summed E-state index contributed by atoms with van der Waals surface area (Å²) < 4.78 is 0. The second-order valence-electron chi connectivity index (χ2n) is 5.27. The molecule has 1 nitrogen and oxygen atoms in total. The molecule has 0 aromatic heterocycles. The number of rotatable bonds is 5. The summed E-state index contributed by atoms with van der Waals surface area (Å²) in [5.41, 5.74) is 5.56. The van der Waals surface area contributed by atoms with Crippen LogP contribution in [0, 0.1) is 0 Å². The zero-order valence-electron chi connectivity index (χ0n) is 12.7. The van der Waals surface area contributed by atoms with Gasteiger partial charge in [-0.15, -0.1) is 6.58 Å². The van der Waals surface area contributed by atoms with Gasteiger partial charge in [0.1, 0.15) is 0 Å². The highest BCUT2D eigenvalue weighted by molar-refractivity contribution is 5.58. The van der Waals surface area contributed by atoms with E-state index in [1.54, 1.807) is 0 Å². The van der Waals surface area contributed by atoms with Crippen LogP contribution in [0.25, 0.3) is 0 Å². The largest absolute Gasteiger partial charge is 0.338 e. The first-order valence-corrected chi connectivity index (χ1v) is 7.59. The average Bonchev–Trinajstić information content (AvgIpc) is 2.50. The third-order valence-corrected chi connectivity index (χ3v) is 3.90. The third kappa shape index (κ3) is 3.22. The minimum absolute atomic E-state index is 0.836. The van der Waals surface area contributed by atoms with Crippen molar-refractivity contribution in [3.05, 3.63) is 65.9 Å². The quantitative estimate of drug-likeness (QED) is 0.534.